The molecule has 1 unspecified atom stereocenters. The predicted molar refractivity (Wildman–Crippen MR) is 87.2 cm³/mol. The molecule has 0 aliphatic heterocycles. The first-order valence-electron chi connectivity index (χ1n) is 7.63. The maximum absolute atomic E-state index is 6.09. The van der Waals surface area contributed by atoms with Crippen LogP contribution in [0.15, 0.2) is 24.3 Å². The Labute approximate surface area is 129 Å². The summed E-state index contributed by atoms with van der Waals surface area (Å²) in [6.07, 6.45) is 0. The average molecular weight is 294 g/mol. The lowest BCUT2D eigenvalue weighted by Gasteiger charge is -2.33. The zero-order valence-corrected chi connectivity index (χ0v) is 13.8. The third-order valence-corrected chi connectivity index (χ3v) is 3.56. The lowest BCUT2D eigenvalue weighted by atomic mass is 9.98. The van der Waals surface area contributed by atoms with Crippen molar-refractivity contribution in [3.63, 3.8) is 0 Å². The van der Waals surface area contributed by atoms with E-state index >= 15 is 0 Å². The lowest BCUT2D eigenvalue weighted by Crippen LogP contribution is -2.39. The standard InChI is InChI=1S/C17H30N2O2/c1-14(2)12-19(9-10-20-3)17(11-18)16-8-6-5-7-15(16)13-21-4/h5-8,14,17H,9-13,18H2,1-4H3. The van der Waals surface area contributed by atoms with Crippen LogP contribution in [0.5, 0.6) is 0 Å². The minimum atomic E-state index is 0.203. The Morgan fingerprint density at radius 1 is 1.14 bits per heavy atom. The van der Waals surface area contributed by atoms with Gasteiger partial charge in [0, 0.05) is 39.9 Å². The Morgan fingerprint density at radius 3 is 2.43 bits per heavy atom. The fourth-order valence-electron chi connectivity index (χ4n) is 2.67. The summed E-state index contributed by atoms with van der Waals surface area (Å²) >= 11 is 0. The number of benzene rings is 1. The van der Waals surface area contributed by atoms with E-state index in [4.69, 9.17) is 15.2 Å². The predicted octanol–water partition coefficient (Wildman–Crippen LogP) is 2.44. The highest BCUT2D eigenvalue weighted by Gasteiger charge is 2.21. The molecule has 0 bridgehead atoms. The number of hydrogen-bond donors (Lipinski definition) is 1. The van der Waals surface area contributed by atoms with Crippen LogP contribution in [-0.4, -0.2) is 45.4 Å². The van der Waals surface area contributed by atoms with Crippen molar-refractivity contribution in [1.82, 2.24) is 4.90 Å². The summed E-state index contributed by atoms with van der Waals surface area (Å²) in [7, 11) is 3.47. The van der Waals surface area contributed by atoms with Crippen LogP contribution in [0.2, 0.25) is 0 Å². The van der Waals surface area contributed by atoms with Crippen LogP contribution in [0.3, 0.4) is 0 Å². The second-order valence-electron chi connectivity index (χ2n) is 5.76. The molecule has 0 spiro atoms. The van der Waals surface area contributed by atoms with Crippen molar-refractivity contribution < 1.29 is 9.47 Å². The number of nitrogens with zero attached hydrogens (tertiary/aromatic N) is 1. The summed E-state index contributed by atoms with van der Waals surface area (Å²) in [6, 6.07) is 8.60. The molecule has 4 heteroatoms. The Hall–Kier alpha value is -0.940. The number of ether oxygens (including phenoxy) is 2. The molecule has 1 aromatic rings. The van der Waals surface area contributed by atoms with Gasteiger partial charge in [-0.05, 0) is 17.0 Å². The molecule has 4 nitrogen and oxygen atoms in total. The van der Waals surface area contributed by atoms with E-state index in [0.29, 0.717) is 19.1 Å². The van der Waals surface area contributed by atoms with E-state index in [1.165, 1.54) is 11.1 Å². The fourth-order valence-corrected chi connectivity index (χ4v) is 2.67. The van der Waals surface area contributed by atoms with Gasteiger partial charge in [0.05, 0.1) is 13.2 Å². The quantitative estimate of drug-likeness (QED) is 0.720. The molecule has 0 aliphatic rings. The van der Waals surface area contributed by atoms with E-state index in [1.807, 2.05) is 6.07 Å². The van der Waals surface area contributed by atoms with Crippen molar-refractivity contribution >= 4 is 0 Å². The molecule has 0 saturated heterocycles. The highest BCUT2D eigenvalue weighted by atomic mass is 16.5. The number of rotatable bonds is 10. The van der Waals surface area contributed by atoms with Gasteiger partial charge >= 0.3 is 0 Å². The van der Waals surface area contributed by atoms with Gasteiger partial charge in [0.25, 0.3) is 0 Å². The van der Waals surface area contributed by atoms with Crippen molar-refractivity contribution in [2.45, 2.75) is 26.5 Å². The number of hydrogen-bond acceptors (Lipinski definition) is 4. The van der Waals surface area contributed by atoms with Crippen LogP contribution in [0, 0.1) is 5.92 Å². The van der Waals surface area contributed by atoms with Gasteiger partial charge in [-0.2, -0.15) is 0 Å². The van der Waals surface area contributed by atoms with E-state index in [0.717, 1.165) is 19.7 Å². The molecule has 120 valence electrons. The first kappa shape index (κ1) is 18.1. The van der Waals surface area contributed by atoms with Crippen LogP contribution in [0.25, 0.3) is 0 Å². The van der Waals surface area contributed by atoms with Gasteiger partial charge in [-0.1, -0.05) is 38.1 Å². The molecule has 0 fully saturated rings. The maximum atomic E-state index is 6.09. The van der Waals surface area contributed by atoms with Crippen LogP contribution >= 0.6 is 0 Å². The molecule has 0 radical (unpaired) electrons. The molecule has 0 saturated carbocycles. The van der Waals surface area contributed by atoms with Crippen LogP contribution in [0.1, 0.15) is 31.0 Å². The van der Waals surface area contributed by atoms with Gasteiger partial charge in [0.2, 0.25) is 0 Å². The van der Waals surface area contributed by atoms with E-state index in [2.05, 4.69) is 36.9 Å². The molecule has 0 heterocycles. The Morgan fingerprint density at radius 2 is 1.86 bits per heavy atom. The smallest absolute Gasteiger partial charge is 0.0716 e. The summed E-state index contributed by atoms with van der Waals surface area (Å²) in [6.45, 7) is 8.28. The van der Waals surface area contributed by atoms with Gasteiger partial charge in [0.15, 0.2) is 0 Å². The second-order valence-corrected chi connectivity index (χ2v) is 5.76. The highest BCUT2D eigenvalue weighted by molar-refractivity contribution is 5.30. The summed E-state index contributed by atoms with van der Waals surface area (Å²) in [5.41, 5.74) is 8.57. The topological polar surface area (TPSA) is 47.7 Å². The number of nitrogens with two attached hydrogens (primary N) is 1. The fraction of sp³-hybridized carbons (Fsp3) is 0.647. The summed E-state index contributed by atoms with van der Waals surface area (Å²) in [5.74, 6) is 0.588. The van der Waals surface area contributed by atoms with Crippen molar-refractivity contribution in [2.75, 3.05) is 40.5 Å². The third-order valence-electron chi connectivity index (χ3n) is 3.56. The molecule has 1 rings (SSSR count). The largest absolute Gasteiger partial charge is 0.383 e. The van der Waals surface area contributed by atoms with Crippen LogP contribution in [0.4, 0.5) is 0 Å². The molecule has 0 aliphatic carbocycles. The van der Waals surface area contributed by atoms with Gasteiger partial charge in [0.1, 0.15) is 0 Å². The minimum absolute atomic E-state index is 0.203. The summed E-state index contributed by atoms with van der Waals surface area (Å²) in [4.78, 5) is 2.42. The summed E-state index contributed by atoms with van der Waals surface area (Å²) in [5, 5.41) is 0. The number of methoxy groups -OCH3 is 2. The lowest BCUT2D eigenvalue weighted by molar-refractivity contribution is 0.110. The minimum Gasteiger partial charge on any atom is -0.383 e. The first-order chi connectivity index (χ1) is 10.1. The highest BCUT2D eigenvalue weighted by Crippen LogP contribution is 2.24. The molecular formula is C17H30N2O2. The normalized spacial score (nSPS) is 13.1. The molecule has 0 aromatic heterocycles. The summed E-state index contributed by atoms with van der Waals surface area (Å²) < 4.78 is 10.6. The van der Waals surface area contributed by atoms with Gasteiger partial charge in [-0.25, -0.2) is 0 Å². The zero-order chi connectivity index (χ0) is 15.7. The van der Waals surface area contributed by atoms with Crippen LogP contribution < -0.4 is 5.73 Å². The first-order valence-corrected chi connectivity index (χ1v) is 7.63. The van der Waals surface area contributed by atoms with E-state index in [-0.39, 0.29) is 6.04 Å². The Balaban J connectivity index is 3.00. The van der Waals surface area contributed by atoms with E-state index in [1.54, 1.807) is 14.2 Å². The monoisotopic (exact) mass is 294 g/mol. The second kappa shape index (κ2) is 9.90. The Kier molecular flexibility index (Phi) is 8.54. The molecule has 1 atom stereocenters. The maximum Gasteiger partial charge on any atom is 0.0716 e. The van der Waals surface area contributed by atoms with Gasteiger partial charge in [-0.3, -0.25) is 4.90 Å². The molecule has 21 heavy (non-hydrogen) atoms. The average Bonchev–Trinajstić information content (AvgIpc) is 2.46. The molecule has 1 aromatic carbocycles. The zero-order valence-electron chi connectivity index (χ0n) is 13.8. The van der Waals surface area contributed by atoms with Gasteiger partial charge in [-0.15, -0.1) is 0 Å². The molecular weight excluding hydrogens is 264 g/mol. The molecule has 2 N–H and O–H groups in total. The van der Waals surface area contributed by atoms with Crippen molar-refractivity contribution in [2.24, 2.45) is 11.7 Å². The van der Waals surface area contributed by atoms with Gasteiger partial charge < -0.3 is 15.2 Å². The van der Waals surface area contributed by atoms with Crippen molar-refractivity contribution in [1.29, 1.82) is 0 Å². The Bertz CT molecular complexity index is 396. The van der Waals surface area contributed by atoms with Crippen molar-refractivity contribution in [3.8, 4) is 0 Å². The van der Waals surface area contributed by atoms with Crippen LogP contribution in [-0.2, 0) is 16.1 Å². The van der Waals surface area contributed by atoms with E-state index < -0.39 is 0 Å². The van der Waals surface area contributed by atoms with Crippen molar-refractivity contribution in [3.05, 3.63) is 35.4 Å². The molecule has 0 amide bonds. The SMILES string of the molecule is COCCN(CC(C)C)C(CN)c1ccccc1COC. The third kappa shape index (κ3) is 5.75. The van der Waals surface area contributed by atoms with E-state index in [9.17, 15) is 0 Å².